The van der Waals surface area contributed by atoms with Gasteiger partial charge in [0.05, 0.1) is 5.69 Å². The third kappa shape index (κ3) is 3.81. The molecule has 2 fully saturated rings. The number of likely N-dealkylation sites (tertiary alicyclic amines) is 2. The maximum absolute atomic E-state index is 12.7. The Morgan fingerprint density at radius 1 is 1.17 bits per heavy atom. The minimum atomic E-state index is 0.0720. The summed E-state index contributed by atoms with van der Waals surface area (Å²) in [6, 6.07) is 4.19. The predicted octanol–water partition coefficient (Wildman–Crippen LogP) is 1.35. The summed E-state index contributed by atoms with van der Waals surface area (Å²) in [6.07, 6.45) is 6.10. The van der Waals surface area contributed by atoms with Crippen molar-refractivity contribution in [1.82, 2.24) is 14.8 Å². The van der Waals surface area contributed by atoms with Crippen molar-refractivity contribution < 1.29 is 9.59 Å². The van der Waals surface area contributed by atoms with Crippen LogP contribution in [0.15, 0.2) is 24.5 Å². The van der Waals surface area contributed by atoms with E-state index < -0.39 is 0 Å². The molecule has 0 radical (unpaired) electrons. The van der Waals surface area contributed by atoms with Gasteiger partial charge in [0.1, 0.15) is 0 Å². The summed E-state index contributed by atoms with van der Waals surface area (Å²) in [6.45, 7) is 4.57. The SMILES string of the molecule is CC(=O)N1CCC(C(=O)N2CCC(Nc3cccnc3)C2)CC1. The van der Waals surface area contributed by atoms with E-state index in [0.29, 0.717) is 19.1 Å². The molecule has 1 N–H and O–H groups in total. The summed E-state index contributed by atoms with van der Waals surface area (Å²) >= 11 is 0. The molecule has 3 heterocycles. The van der Waals surface area contributed by atoms with Crippen LogP contribution in [0.2, 0.25) is 0 Å². The molecule has 2 saturated heterocycles. The average Bonchev–Trinajstić information content (AvgIpc) is 3.03. The summed E-state index contributed by atoms with van der Waals surface area (Å²) in [4.78, 5) is 31.9. The predicted molar refractivity (Wildman–Crippen MR) is 87.8 cm³/mol. The van der Waals surface area contributed by atoms with Gasteiger partial charge in [-0.1, -0.05) is 0 Å². The van der Waals surface area contributed by atoms with Gasteiger partial charge in [0.25, 0.3) is 0 Å². The number of nitrogens with one attached hydrogen (secondary N) is 1. The Kier molecular flexibility index (Phi) is 4.79. The van der Waals surface area contributed by atoms with Crippen molar-refractivity contribution in [2.75, 3.05) is 31.5 Å². The molecule has 1 aromatic rings. The second kappa shape index (κ2) is 6.98. The van der Waals surface area contributed by atoms with Crippen molar-refractivity contribution in [3.63, 3.8) is 0 Å². The van der Waals surface area contributed by atoms with Crippen LogP contribution in [0.4, 0.5) is 5.69 Å². The summed E-state index contributed by atoms with van der Waals surface area (Å²) in [5.41, 5.74) is 1.00. The van der Waals surface area contributed by atoms with Gasteiger partial charge < -0.3 is 15.1 Å². The van der Waals surface area contributed by atoms with Gasteiger partial charge in [-0.3, -0.25) is 14.6 Å². The van der Waals surface area contributed by atoms with Gasteiger partial charge in [-0.25, -0.2) is 0 Å². The largest absolute Gasteiger partial charge is 0.379 e. The fourth-order valence-corrected chi connectivity index (χ4v) is 3.46. The van der Waals surface area contributed by atoms with Crippen LogP contribution in [0.3, 0.4) is 0 Å². The maximum Gasteiger partial charge on any atom is 0.225 e. The highest BCUT2D eigenvalue weighted by atomic mass is 16.2. The number of anilines is 1. The number of hydrogen-bond acceptors (Lipinski definition) is 4. The van der Waals surface area contributed by atoms with Gasteiger partial charge in [0.2, 0.25) is 11.8 Å². The molecule has 0 aromatic carbocycles. The normalized spacial score (nSPS) is 22.2. The Hall–Kier alpha value is -2.11. The lowest BCUT2D eigenvalue weighted by Gasteiger charge is -2.32. The molecule has 23 heavy (non-hydrogen) atoms. The van der Waals surface area contributed by atoms with Gasteiger partial charge in [-0.2, -0.15) is 0 Å². The molecule has 6 heteroatoms. The zero-order valence-electron chi connectivity index (χ0n) is 13.6. The van der Waals surface area contributed by atoms with Gasteiger partial charge in [0.15, 0.2) is 0 Å². The second-order valence-corrected chi connectivity index (χ2v) is 6.44. The van der Waals surface area contributed by atoms with E-state index in [9.17, 15) is 9.59 Å². The number of piperidine rings is 1. The van der Waals surface area contributed by atoms with Crippen LogP contribution in [-0.2, 0) is 9.59 Å². The highest BCUT2D eigenvalue weighted by molar-refractivity contribution is 5.80. The smallest absolute Gasteiger partial charge is 0.225 e. The molecule has 1 atom stereocenters. The maximum atomic E-state index is 12.7. The van der Waals surface area contributed by atoms with Gasteiger partial charge in [0, 0.05) is 57.5 Å². The van der Waals surface area contributed by atoms with E-state index in [-0.39, 0.29) is 17.7 Å². The first-order valence-corrected chi connectivity index (χ1v) is 8.34. The standard InChI is InChI=1S/C17H24N4O2/c1-13(22)20-8-4-14(5-9-20)17(23)21-10-6-16(12-21)19-15-3-2-7-18-11-15/h2-3,7,11,14,16,19H,4-6,8-10,12H2,1H3. The van der Waals surface area contributed by atoms with Crippen molar-refractivity contribution in [2.45, 2.75) is 32.2 Å². The van der Waals surface area contributed by atoms with E-state index in [4.69, 9.17) is 0 Å². The molecule has 124 valence electrons. The number of carbonyl (C=O) groups excluding carboxylic acids is 2. The molecule has 2 aliphatic heterocycles. The van der Waals surface area contributed by atoms with Crippen molar-refractivity contribution in [1.29, 1.82) is 0 Å². The lowest BCUT2D eigenvalue weighted by molar-refractivity contribution is -0.139. The molecule has 0 saturated carbocycles. The monoisotopic (exact) mass is 316 g/mol. The number of hydrogen-bond donors (Lipinski definition) is 1. The molecular formula is C17H24N4O2. The molecule has 6 nitrogen and oxygen atoms in total. The zero-order valence-corrected chi connectivity index (χ0v) is 13.6. The number of nitrogens with zero attached hydrogens (tertiary/aromatic N) is 3. The highest BCUT2D eigenvalue weighted by Crippen LogP contribution is 2.23. The Morgan fingerprint density at radius 2 is 1.91 bits per heavy atom. The van der Waals surface area contributed by atoms with Crippen LogP contribution >= 0.6 is 0 Å². The average molecular weight is 316 g/mol. The summed E-state index contributed by atoms with van der Waals surface area (Å²) in [7, 11) is 0. The Labute approximate surface area is 136 Å². The van der Waals surface area contributed by atoms with Crippen LogP contribution in [0.5, 0.6) is 0 Å². The van der Waals surface area contributed by atoms with Crippen LogP contribution in [-0.4, -0.2) is 58.8 Å². The van der Waals surface area contributed by atoms with Crippen molar-refractivity contribution in [3.8, 4) is 0 Å². The number of pyridine rings is 1. The van der Waals surface area contributed by atoms with Crippen LogP contribution < -0.4 is 5.32 Å². The number of rotatable bonds is 3. The minimum Gasteiger partial charge on any atom is -0.379 e. The third-order valence-corrected chi connectivity index (χ3v) is 4.82. The van der Waals surface area contributed by atoms with Gasteiger partial charge >= 0.3 is 0 Å². The number of carbonyl (C=O) groups is 2. The Bertz CT molecular complexity index is 555. The van der Waals surface area contributed by atoms with Crippen molar-refractivity contribution in [2.24, 2.45) is 5.92 Å². The van der Waals surface area contributed by atoms with E-state index in [0.717, 1.165) is 38.0 Å². The molecule has 3 rings (SSSR count). The highest BCUT2D eigenvalue weighted by Gasteiger charge is 2.33. The number of amides is 2. The van der Waals surface area contributed by atoms with Crippen molar-refractivity contribution in [3.05, 3.63) is 24.5 Å². The quantitative estimate of drug-likeness (QED) is 0.914. The van der Waals surface area contributed by atoms with Crippen LogP contribution in [0.1, 0.15) is 26.2 Å². The lowest BCUT2D eigenvalue weighted by Crippen LogP contribution is -2.43. The van der Waals surface area contributed by atoms with E-state index in [1.54, 1.807) is 13.1 Å². The molecule has 0 spiro atoms. The van der Waals surface area contributed by atoms with E-state index in [2.05, 4.69) is 10.3 Å². The minimum absolute atomic E-state index is 0.0720. The summed E-state index contributed by atoms with van der Waals surface area (Å²) < 4.78 is 0. The van der Waals surface area contributed by atoms with E-state index in [1.165, 1.54) is 0 Å². The lowest BCUT2D eigenvalue weighted by atomic mass is 9.95. The topological polar surface area (TPSA) is 65.5 Å². The second-order valence-electron chi connectivity index (χ2n) is 6.44. The molecule has 2 amide bonds. The van der Waals surface area contributed by atoms with Crippen molar-refractivity contribution >= 4 is 17.5 Å². The molecular weight excluding hydrogens is 292 g/mol. The van der Waals surface area contributed by atoms with Crippen LogP contribution in [0, 0.1) is 5.92 Å². The Balaban J connectivity index is 1.49. The molecule has 1 unspecified atom stereocenters. The summed E-state index contributed by atoms with van der Waals surface area (Å²) in [5, 5.41) is 3.44. The molecule has 1 aromatic heterocycles. The zero-order chi connectivity index (χ0) is 16.2. The first-order chi connectivity index (χ1) is 11.1. The van der Waals surface area contributed by atoms with E-state index in [1.807, 2.05) is 28.1 Å². The fraction of sp³-hybridized carbons (Fsp3) is 0.588. The molecule has 0 aliphatic carbocycles. The van der Waals surface area contributed by atoms with Crippen LogP contribution in [0.25, 0.3) is 0 Å². The molecule has 0 bridgehead atoms. The fourth-order valence-electron chi connectivity index (χ4n) is 3.46. The first-order valence-electron chi connectivity index (χ1n) is 8.34. The van der Waals surface area contributed by atoms with Gasteiger partial charge in [-0.15, -0.1) is 0 Å². The third-order valence-electron chi connectivity index (χ3n) is 4.82. The number of aromatic nitrogens is 1. The van der Waals surface area contributed by atoms with E-state index >= 15 is 0 Å². The first kappa shape index (κ1) is 15.8. The Morgan fingerprint density at radius 3 is 2.57 bits per heavy atom. The van der Waals surface area contributed by atoms with Gasteiger partial charge in [-0.05, 0) is 31.4 Å². The summed E-state index contributed by atoms with van der Waals surface area (Å²) in [5.74, 6) is 0.434. The molecule has 2 aliphatic rings.